The maximum Gasteiger partial charge on any atom is 0.308 e. The van der Waals surface area contributed by atoms with E-state index >= 15 is 0 Å². The van der Waals surface area contributed by atoms with Gasteiger partial charge < -0.3 is 14.9 Å². The third-order valence-corrected chi connectivity index (χ3v) is 4.38. The number of rotatable bonds is 4. The molecule has 1 amide bonds. The number of hydrogen-bond donors (Lipinski definition) is 1. The van der Waals surface area contributed by atoms with Crippen molar-refractivity contribution in [1.82, 2.24) is 9.80 Å². The van der Waals surface area contributed by atoms with Crippen molar-refractivity contribution in [3.63, 3.8) is 0 Å². The molecule has 2 aliphatic rings. The fraction of sp³-hybridized carbons (Fsp3) is 0.857. The van der Waals surface area contributed by atoms with Crippen LogP contribution in [0.5, 0.6) is 0 Å². The van der Waals surface area contributed by atoms with Gasteiger partial charge in [-0.3, -0.25) is 9.59 Å². The summed E-state index contributed by atoms with van der Waals surface area (Å²) in [5.41, 5.74) is 0. The molecule has 5 nitrogen and oxygen atoms in total. The Bertz CT molecular complexity index is 346. The number of carbonyl (C=O) groups excluding carboxylic acids is 1. The average Bonchev–Trinajstić information content (AvgIpc) is 2.37. The van der Waals surface area contributed by atoms with Crippen LogP contribution in [-0.4, -0.2) is 60.0 Å². The third-order valence-electron chi connectivity index (χ3n) is 4.38. The highest BCUT2D eigenvalue weighted by atomic mass is 16.4. The molecular formula is C14H24N2O3. The fourth-order valence-electron chi connectivity index (χ4n) is 3.18. The quantitative estimate of drug-likeness (QED) is 0.827. The molecule has 0 aromatic rings. The van der Waals surface area contributed by atoms with E-state index in [1.165, 1.54) is 19.4 Å². The van der Waals surface area contributed by atoms with Crippen LogP contribution >= 0.6 is 0 Å². The predicted molar refractivity (Wildman–Crippen MR) is 71.8 cm³/mol. The zero-order valence-corrected chi connectivity index (χ0v) is 11.7. The first-order chi connectivity index (χ1) is 9.06. The van der Waals surface area contributed by atoms with Crippen molar-refractivity contribution in [1.29, 1.82) is 0 Å². The summed E-state index contributed by atoms with van der Waals surface area (Å²) in [6.45, 7) is 3.39. The van der Waals surface area contributed by atoms with Gasteiger partial charge in [0.25, 0.3) is 0 Å². The molecule has 2 heterocycles. The summed E-state index contributed by atoms with van der Waals surface area (Å²) in [7, 11) is 2.14. The number of amides is 1. The fourth-order valence-corrected chi connectivity index (χ4v) is 3.18. The molecule has 0 aliphatic carbocycles. The topological polar surface area (TPSA) is 60.9 Å². The normalized spacial score (nSPS) is 29.5. The minimum atomic E-state index is -0.769. The summed E-state index contributed by atoms with van der Waals surface area (Å²) >= 11 is 0. The summed E-state index contributed by atoms with van der Waals surface area (Å²) in [6.07, 6.45) is 4.35. The minimum absolute atomic E-state index is 0.127. The van der Waals surface area contributed by atoms with Gasteiger partial charge in [0.2, 0.25) is 5.91 Å². The van der Waals surface area contributed by atoms with Crippen LogP contribution in [0.25, 0.3) is 0 Å². The molecule has 2 atom stereocenters. The summed E-state index contributed by atoms with van der Waals surface area (Å²) in [5, 5.41) is 9.05. The number of piperidine rings is 2. The van der Waals surface area contributed by atoms with Crippen LogP contribution in [0.4, 0.5) is 0 Å². The number of carboxylic acid groups (broad SMARTS) is 1. The molecule has 2 unspecified atom stereocenters. The molecule has 0 radical (unpaired) electrons. The smallest absolute Gasteiger partial charge is 0.308 e. The highest BCUT2D eigenvalue weighted by Gasteiger charge is 2.30. The summed E-state index contributed by atoms with van der Waals surface area (Å²) in [5.74, 6) is -0.361. The van der Waals surface area contributed by atoms with Crippen molar-refractivity contribution >= 4 is 11.9 Å². The van der Waals surface area contributed by atoms with Gasteiger partial charge in [-0.15, -0.1) is 0 Å². The second kappa shape index (κ2) is 6.37. The van der Waals surface area contributed by atoms with Gasteiger partial charge in [-0.1, -0.05) is 0 Å². The molecule has 2 rings (SSSR count). The maximum atomic E-state index is 11.8. The Kier molecular flexibility index (Phi) is 4.80. The highest BCUT2D eigenvalue weighted by Crippen LogP contribution is 2.22. The number of carbonyl (C=O) groups is 2. The molecule has 0 aromatic carbocycles. The van der Waals surface area contributed by atoms with Crippen molar-refractivity contribution in [2.75, 3.05) is 33.2 Å². The van der Waals surface area contributed by atoms with Crippen LogP contribution in [0.1, 0.15) is 32.1 Å². The van der Waals surface area contributed by atoms with E-state index in [0.29, 0.717) is 25.3 Å². The molecule has 1 N–H and O–H groups in total. The maximum absolute atomic E-state index is 11.8. The van der Waals surface area contributed by atoms with Crippen molar-refractivity contribution in [3.8, 4) is 0 Å². The zero-order chi connectivity index (χ0) is 13.8. The highest BCUT2D eigenvalue weighted by molar-refractivity contribution is 5.80. The SMILES string of the molecule is CN1CCCC(CCN2CC(C(=O)O)CCC2=O)C1. The average molecular weight is 268 g/mol. The van der Waals surface area contributed by atoms with E-state index in [1.54, 1.807) is 4.90 Å². The van der Waals surface area contributed by atoms with Crippen LogP contribution in [0.3, 0.4) is 0 Å². The van der Waals surface area contributed by atoms with Crippen LogP contribution in [-0.2, 0) is 9.59 Å². The Balaban J connectivity index is 1.80. The lowest BCUT2D eigenvalue weighted by molar-refractivity contribution is -0.147. The van der Waals surface area contributed by atoms with Gasteiger partial charge >= 0.3 is 5.97 Å². The number of likely N-dealkylation sites (tertiary alicyclic amines) is 2. The van der Waals surface area contributed by atoms with Gasteiger partial charge in [0.1, 0.15) is 0 Å². The van der Waals surface area contributed by atoms with E-state index in [1.807, 2.05) is 0 Å². The van der Waals surface area contributed by atoms with E-state index in [0.717, 1.165) is 19.5 Å². The van der Waals surface area contributed by atoms with Crippen LogP contribution in [0, 0.1) is 11.8 Å². The number of carboxylic acids is 1. The van der Waals surface area contributed by atoms with Crippen molar-refractivity contribution in [2.24, 2.45) is 11.8 Å². The van der Waals surface area contributed by atoms with Crippen LogP contribution in [0.2, 0.25) is 0 Å². The number of nitrogens with zero attached hydrogens (tertiary/aromatic N) is 2. The first-order valence-electron chi connectivity index (χ1n) is 7.25. The van der Waals surface area contributed by atoms with Gasteiger partial charge in [0.05, 0.1) is 5.92 Å². The minimum Gasteiger partial charge on any atom is -0.481 e. The molecule has 2 aliphatic heterocycles. The summed E-state index contributed by atoms with van der Waals surface area (Å²) < 4.78 is 0. The van der Waals surface area contributed by atoms with E-state index in [-0.39, 0.29) is 11.8 Å². The lowest BCUT2D eigenvalue weighted by Crippen LogP contribution is -2.44. The van der Waals surface area contributed by atoms with Crippen LogP contribution < -0.4 is 0 Å². The summed E-state index contributed by atoms with van der Waals surface area (Å²) in [4.78, 5) is 26.9. The van der Waals surface area contributed by atoms with E-state index in [2.05, 4.69) is 11.9 Å². The predicted octanol–water partition coefficient (Wildman–Crippen LogP) is 1.04. The Morgan fingerprint density at radius 3 is 2.84 bits per heavy atom. The summed E-state index contributed by atoms with van der Waals surface area (Å²) in [6, 6.07) is 0. The lowest BCUT2D eigenvalue weighted by atomic mass is 9.93. The van der Waals surface area contributed by atoms with E-state index < -0.39 is 5.97 Å². The van der Waals surface area contributed by atoms with Gasteiger partial charge in [-0.25, -0.2) is 0 Å². The standard InChI is InChI=1S/C14H24N2O3/c1-15-7-2-3-11(9-15)6-8-16-10-12(14(18)19)4-5-13(16)17/h11-12H,2-10H2,1H3,(H,18,19). The Hall–Kier alpha value is -1.10. The lowest BCUT2D eigenvalue weighted by Gasteiger charge is -2.34. The molecule has 0 bridgehead atoms. The van der Waals surface area contributed by atoms with Crippen molar-refractivity contribution in [2.45, 2.75) is 32.1 Å². The monoisotopic (exact) mass is 268 g/mol. The van der Waals surface area contributed by atoms with Crippen molar-refractivity contribution < 1.29 is 14.7 Å². The van der Waals surface area contributed by atoms with E-state index in [9.17, 15) is 9.59 Å². The molecular weight excluding hydrogens is 244 g/mol. The molecule has 0 spiro atoms. The Morgan fingerprint density at radius 1 is 1.37 bits per heavy atom. The first kappa shape index (κ1) is 14.3. The number of hydrogen-bond acceptors (Lipinski definition) is 3. The third kappa shape index (κ3) is 3.93. The molecule has 19 heavy (non-hydrogen) atoms. The second-order valence-corrected chi connectivity index (χ2v) is 5.97. The van der Waals surface area contributed by atoms with Crippen molar-refractivity contribution in [3.05, 3.63) is 0 Å². The molecule has 108 valence electrons. The van der Waals surface area contributed by atoms with Crippen LogP contribution in [0.15, 0.2) is 0 Å². The van der Waals surface area contributed by atoms with Gasteiger partial charge in [-0.2, -0.15) is 0 Å². The molecule has 2 fully saturated rings. The Morgan fingerprint density at radius 2 is 2.16 bits per heavy atom. The zero-order valence-electron chi connectivity index (χ0n) is 11.7. The van der Waals surface area contributed by atoms with E-state index in [4.69, 9.17) is 5.11 Å². The van der Waals surface area contributed by atoms with Gasteiger partial charge in [-0.05, 0) is 45.2 Å². The molecule has 0 aromatic heterocycles. The molecule has 5 heteroatoms. The second-order valence-electron chi connectivity index (χ2n) is 5.97. The first-order valence-corrected chi connectivity index (χ1v) is 7.25. The molecule has 2 saturated heterocycles. The number of aliphatic carboxylic acids is 1. The molecule has 0 saturated carbocycles. The largest absolute Gasteiger partial charge is 0.481 e. The van der Waals surface area contributed by atoms with Gasteiger partial charge in [0.15, 0.2) is 0 Å². The Labute approximate surface area is 114 Å². The van der Waals surface area contributed by atoms with Gasteiger partial charge in [0, 0.05) is 26.1 Å².